The fourth-order valence-corrected chi connectivity index (χ4v) is 4.82. The Hall–Kier alpha value is -0.830. The second-order valence-corrected chi connectivity index (χ2v) is 8.71. The summed E-state index contributed by atoms with van der Waals surface area (Å²) in [5.74, 6) is 0. The van der Waals surface area contributed by atoms with Crippen LogP contribution in [0, 0.1) is 24.7 Å². The molecule has 1 fully saturated rings. The molecule has 3 nitrogen and oxygen atoms in total. The maximum absolute atomic E-state index is 4.56. The number of aromatic nitrogens is 2. The van der Waals surface area contributed by atoms with Crippen molar-refractivity contribution in [3.8, 4) is 0 Å². The zero-order valence-corrected chi connectivity index (χ0v) is 15.2. The third-order valence-corrected chi connectivity index (χ3v) is 5.04. The minimum Gasteiger partial charge on any atom is -0.307 e. The molecule has 1 aliphatic carbocycles. The van der Waals surface area contributed by atoms with E-state index in [0.29, 0.717) is 22.9 Å². The summed E-state index contributed by atoms with van der Waals surface area (Å²) in [4.78, 5) is 0. The highest BCUT2D eigenvalue weighted by molar-refractivity contribution is 5.27. The zero-order valence-electron chi connectivity index (χ0n) is 15.2. The van der Waals surface area contributed by atoms with Crippen LogP contribution in [0.25, 0.3) is 0 Å². The van der Waals surface area contributed by atoms with Crippen LogP contribution in [0.15, 0.2) is 0 Å². The molecule has 0 spiro atoms. The van der Waals surface area contributed by atoms with Crippen molar-refractivity contribution < 1.29 is 0 Å². The highest BCUT2D eigenvalue weighted by atomic mass is 15.3. The van der Waals surface area contributed by atoms with E-state index >= 15 is 0 Å². The quantitative estimate of drug-likeness (QED) is 0.900. The normalized spacial score (nSPS) is 23.2. The molecule has 1 aromatic heterocycles. The molecule has 2 rings (SSSR count). The van der Waals surface area contributed by atoms with Crippen LogP contribution in [0.3, 0.4) is 0 Å². The van der Waals surface area contributed by atoms with E-state index in [1.165, 1.54) is 30.5 Å². The molecule has 21 heavy (non-hydrogen) atoms. The lowest BCUT2D eigenvalue weighted by molar-refractivity contribution is 0.0810. The van der Waals surface area contributed by atoms with Gasteiger partial charge in [-0.1, -0.05) is 27.7 Å². The van der Waals surface area contributed by atoms with Crippen molar-refractivity contribution in [2.24, 2.45) is 17.9 Å². The summed E-state index contributed by atoms with van der Waals surface area (Å²) in [5, 5.41) is 8.45. The Kier molecular flexibility index (Phi) is 4.27. The van der Waals surface area contributed by atoms with Gasteiger partial charge in [0, 0.05) is 30.4 Å². The van der Waals surface area contributed by atoms with Gasteiger partial charge in [0.25, 0.3) is 0 Å². The van der Waals surface area contributed by atoms with Gasteiger partial charge in [0.15, 0.2) is 0 Å². The Morgan fingerprint density at radius 3 is 2.10 bits per heavy atom. The number of aryl methyl sites for hydroxylation is 2. The number of rotatable bonds is 3. The first-order chi connectivity index (χ1) is 9.51. The van der Waals surface area contributed by atoms with E-state index in [2.05, 4.69) is 58.9 Å². The maximum atomic E-state index is 4.56. The summed E-state index contributed by atoms with van der Waals surface area (Å²) in [6, 6.07) is 0.964. The number of hydrogen-bond acceptors (Lipinski definition) is 2. The maximum Gasteiger partial charge on any atom is 0.0644 e. The molecular formula is C18H33N3. The molecule has 1 aromatic rings. The molecule has 0 aliphatic heterocycles. The van der Waals surface area contributed by atoms with E-state index in [0.717, 1.165) is 5.69 Å². The first-order valence-corrected chi connectivity index (χ1v) is 8.27. The van der Waals surface area contributed by atoms with Gasteiger partial charge in [-0.3, -0.25) is 4.68 Å². The average molecular weight is 291 g/mol. The number of nitrogens with one attached hydrogen (secondary N) is 1. The third-order valence-electron chi connectivity index (χ3n) is 5.04. The van der Waals surface area contributed by atoms with Crippen LogP contribution in [-0.4, -0.2) is 15.8 Å². The van der Waals surface area contributed by atoms with Crippen LogP contribution in [0.1, 0.15) is 76.9 Å². The molecule has 1 N–H and O–H groups in total. The predicted molar refractivity (Wildman–Crippen MR) is 89.4 cm³/mol. The molecule has 1 unspecified atom stereocenters. The van der Waals surface area contributed by atoms with Gasteiger partial charge in [0.1, 0.15) is 0 Å². The predicted octanol–water partition coefficient (Wildman–Crippen LogP) is 4.29. The van der Waals surface area contributed by atoms with Gasteiger partial charge < -0.3 is 5.32 Å². The highest BCUT2D eigenvalue weighted by Crippen LogP contribution is 2.46. The molecule has 120 valence electrons. The minimum absolute atomic E-state index is 0.369. The van der Waals surface area contributed by atoms with Gasteiger partial charge in [-0.05, 0) is 50.9 Å². The Morgan fingerprint density at radius 2 is 1.67 bits per heavy atom. The van der Waals surface area contributed by atoms with Crippen molar-refractivity contribution in [2.75, 3.05) is 0 Å². The number of nitrogens with zero attached hydrogens (tertiary/aromatic N) is 2. The first kappa shape index (κ1) is 16.5. The van der Waals surface area contributed by atoms with Gasteiger partial charge in [-0.2, -0.15) is 5.10 Å². The van der Waals surface area contributed by atoms with Gasteiger partial charge in [0.05, 0.1) is 5.69 Å². The average Bonchev–Trinajstić information content (AvgIpc) is 2.47. The summed E-state index contributed by atoms with van der Waals surface area (Å²) in [6.45, 7) is 16.2. The van der Waals surface area contributed by atoms with Crippen molar-refractivity contribution >= 4 is 0 Å². The fourth-order valence-electron chi connectivity index (χ4n) is 4.82. The van der Waals surface area contributed by atoms with E-state index in [-0.39, 0.29) is 0 Å². The zero-order chi connectivity index (χ0) is 16.0. The number of hydrogen-bond donors (Lipinski definition) is 1. The summed E-state index contributed by atoms with van der Waals surface area (Å²) in [6.07, 6.45) is 3.84. The van der Waals surface area contributed by atoms with E-state index in [1.54, 1.807) is 0 Å². The highest BCUT2D eigenvalue weighted by Gasteiger charge is 2.38. The van der Waals surface area contributed by atoms with Gasteiger partial charge >= 0.3 is 0 Å². The third kappa shape index (κ3) is 3.68. The lowest BCUT2D eigenvalue weighted by atomic mass is 9.63. The molecule has 1 heterocycles. The second kappa shape index (κ2) is 5.42. The van der Waals surface area contributed by atoms with Crippen molar-refractivity contribution in [1.29, 1.82) is 0 Å². The van der Waals surface area contributed by atoms with E-state index in [9.17, 15) is 0 Å². The van der Waals surface area contributed by atoms with Crippen LogP contribution in [0.2, 0.25) is 0 Å². The van der Waals surface area contributed by atoms with Crippen LogP contribution in [0.4, 0.5) is 0 Å². The van der Waals surface area contributed by atoms with Crippen LogP contribution < -0.4 is 5.32 Å². The van der Waals surface area contributed by atoms with E-state index in [1.807, 2.05) is 11.7 Å². The molecule has 3 heteroatoms. The molecule has 0 radical (unpaired) electrons. The lowest BCUT2D eigenvalue weighted by Gasteiger charge is -2.46. The van der Waals surface area contributed by atoms with Gasteiger partial charge in [-0.15, -0.1) is 0 Å². The van der Waals surface area contributed by atoms with E-state index < -0.39 is 0 Å². The first-order valence-electron chi connectivity index (χ1n) is 8.27. The van der Waals surface area contributed by atoms with Crippen LogP contribution in [-0.2, 0) is 7.05 Å². The van der Waals surface area contributed by atoms with Gasteiger partial charge in [-0.25, -0.2) is 0 Å². The van der Waals surface area contributed by atoms with Gasteiger partial charge in [0.2, 0.25) is 0 Å². The molecule has 0 aromatic carbocycles. The summed E-state index contributed by atoms with van der Waals surface area (Å²) < 4.78 is 2.00. The van der Waals surface area contributed by atoms with Crippen molar-refractivity contribution in [2.45, 2.75) is 79.8 Å². The SMILES string of the molecule is Cc1nn(C)c(C)c1C(C)NC1CC(C)(C)CC(C)(C)C1. The molecule has 0 saturated heterocycles. The topological polar surface area (TPSA) is 29.9 Å². The fraction of sp³-hybridized carbons (Fsp3) is 0.833. The van der Waals surface area contributed by atoms with Crippen LogP contribution >= 0.6 is 0 Å². The molecule has 1 aliphatic rings. The van der Waals surface area contributed by atoms with Crippen molar-refractivity contribution in [3.05, 3.63) is 17.0 Å². The Morgan fingerprint density at radius 1 is 1.14 bits per heavy atom. The van der Waals surface area contributed by atoms with Crippen molar-refractivity contribution in [1.82, 2.24) is 15.1 Å². The van der Waals surface area contributed by atoms with E-state index in [4.69, 9.17) is 0 Å². The molecule has 1 saturated carbocycles. The van der Waals surface area contributed by atoms with Crippen molar-refractivity contribution in [3.63, 3.8) is 0 Å². The smallest absolute Gasteiger partial charge is 0.0644 e. The summed E-state index contributed by atoms with van der Waals surface area (Å²) in [7, 11) is 2.03. The second-order valence-electron chi connectivity index (χ2n) is 8.71. The standard InChI is InChI=1S/C18H33N3/c1-12(16-13(2)20-21(8)14(16)3)19-15-9-17(4,5)11-18(6,7)10-15/h12,15,19H,9-11H2,1-8H3. The Bertz CT molecular complexity index is 495. The minimum atomic E-state index is 0.369. The molecule has 0 bridgehead atoms. The Balaban J connectivity index is 2.14. The lowest BCUT2D eigenvalue weighted by Crippen LogP contribution is -2.44. The Labute approximate surface area is 130 Å². The monoisotopic (exact) mass is 291 g/mol. The summed E-state index contributed by atoms with van der Waals surface area (Å²) >= 11 is 0. The largest absolute Gasteiger partial charge is 0.307 e. The molecular weight excluding hydrogens is 258 g/mol. The molecule has 0 amide bonds. The summed E-state index contributed by atoms with van der Waals surface area (Å²) in [5.41, 5.74) is 4.67. The molecule has 1 atom stereocenters. The van der Waals surface area contributed by atoms with Crippen LogP contribution in [0.5, 0.6) is 0 Å².